The Bertz CT molecular complexity index is 464. The molecule has 1 unspecified atom stereocenters. The van der Waals surface area contributed by atoms with Gasteiger partial charge in [0.15, 0.2) is 0 Å². The van der Waals surface area contributed by atoms with Crippen LogP contribution in [-0.4, -0.2) is 26.0 Å². The first kappa shape index (κ1) is 14.3. The molecule has 0 aliphatic carbocycles. The summed E-state index contributed by atoms with van der Waals surface area (Å²) >= 11 is 3.52. The Morgan fingerprint density at radius 2 is 2.32 bits per heavy atom. The third-order valence-corrected chi connectivity index (χ3v) is 4.04. The number of anilines is 1. The first-order valence-corrected chi connectivity index (χ1v) is 7.39. The van der Waals surface area contributed by atoms with E-state index in [9.17, 15) is 4.79 Å². The van der Waals surface area contributed by atoms with Crippen molar-refractivity contribution in [2.75, 3.05) is 25.0 Å². The number of halogens is 1. The number of hydrogen-bond acceptors (Lipinski definition) is 3. The highest BCUT2D eigenvalue weighted by molar-refractivity contribution is 9.10. The van der Waals surface area contributed by atoms with E-state index in [1.54, 1.807) is 7.05 Å². The number of nitrogens with two attached hydrogens (primary N) is 1. The minimum absolute atomic E-state index is 0.0825. The van der Waals surface area contributed by atoms with Crippen LogP contribution < -0.4 is 16.0 Å². The van der Waals surface area contributed by atoms with Gasteiger partial charge >= 0.3 is 0 Å². The van der Waals surface area contributed by atoms with Crippen molar-refractivity contribution < 1.29 is 4.79 Å². The van der Waals surface area contributed by atoms with E-state index in [0.29, 0.717) is 6.54 Å². The summed E-state index contributed by atoms with van der Waals surface area (Å²) in [5.41, 5.74) is 7.96. The van der Waals surface area contributed by atoms with Crippen molar-refractivity contribution in [2.24, 2.45) is 11.7 Å². The lowest BCUT2D eigenvalue weighted by Crippen LogP contribution is -2.42. The van der Waals surface area contributed by atoms with E-state index in [4.69, 9.17) is 5.73 Å². The van der Waals surface area contributed by atoms with Crippen LogP contribution in [0.2, 0.25) is 0 Å². The number of carbonyl (C=O) groups is 1. The number of carbonyl (C=O) groups excluding carboxylic acids is 1. The largest absolute Gasteiger partial charge is 0.371 e. The van der Waals surface area contributed by atoms with Gasteiger partial charge in [-0.2, -0.15) is 0 Å². The smallest absolute Gasteiger partial charge is 0.224 e. The van der Waals surface area contributed by atoms with Crippen LogP contribution in [0.3, 0.4) is 0 Å². The predicted molar refractivity (Wildman–Crippen MR) is 81.0 cm³/mol. The fraction of sp³-hybridized carbons (Fsp3) is 0.500. The van der Waals surface area contributed by atoms with Gasteiger partial charge < -0.3 is 16.0 Å². The Morgan fingerprint density at radius 3 is 3.00 bits per heavy atom. The van der Waals surface area contributed by atoms with Gasteiger partial charge in [-0.05, 0) is 36.6 Å². The molecule has 1 aromatic carbocycles. The first-order chi connectivity index (χ1) is 9.13. The van der Waals surface area contributed by atoms with Crippen LogP contribution in [0.1, 0.15) is 18.4 Å². The molecular formula is C14H20BrN3O. The molecule has 0 bridgehead atoms. The van der Waals surface area contributed by atoms with Gasteiger partial charge in [0.2, 0.25) is 5.91 Å². The molecule has 5 heteroatoms. The molecule has 104 valence electrons. The molecule has 3 N–H and O–H groups in total. The molecule has 1 aromatic rings. The summed E-state index contributed by atoms with van der Waals surface area (Å²) in [4.78, 5) is 14.0. The lowest BCUT2D eigenvalue weighted by atomic mass is 9.96. The van der Waals surface area contributed by atoms with Gasteiger partial charge in [-0.1, -0.05) is 15.9 Å². The lowest BCUT2D eigenvalue weighted by molar-refractivity contribution is -0.124. The average Bonchev–Trinajstić information content (AvgIpc) is 2.45. The molecule has 19 heavy (non-hydrogen) atoms. The topological polar surface area (TPSA) is 58.4 Å². The highest BCUT2D eigenvalue weighted by atomic mass is 79.9. The number of benzene rings is 1. The van der Waals surface area contributed by atoms with Crippen molar-refractivity contribution in [1.29, 1.82) is 0 Å². The molecule has 1 saturated heterocycles. The monoisotopic (exact) mass is 325 g/mol. The maximum Gasteiger partial charge on any atom is 0.224 e. The van der Waals surface area contributed by atoms with Crippen molar-refractivity contribution in [3.63, 3.8) is 0 Å². The first-order valence-electron chi connectivity index (χ1n) is 6.60. The van der Waals surface area contributed by atoms with E-state index in [0.717, 1.165) is 41.7 Å². The second-order valence-electron chi connectivity index (χ2n) is 4.92. The number of nitrogens with one attached hydrogen (secondary N) is 1. The van der Waals surface area contributed by atoms with Gasteiger partial charge in [0.05, 0.1) is 5.92 Å². The highest BCUT2D eigenvalue weighted by Gasteiger charge is 2.25. The summed E-state index contributed by atoms with van der Waals surface area (Å²) in [5.74, 6) is 0.220. The van der Waals surface area contributed by atoms with Gasteiger partial charge in [-0.15, -0.1) is 0 Å². The van der Waals surface area contributed by atoms with Crippen LogP contribution >= 0.6 is 15.9 Å². The van der Waals surface area contributed by atoms with Gasteiger partial charge in [-0.25, -0.2) is 0 Å². The predicted octanol–water partition coefficient (Wildman–Crippen LogP) is 1.87. The second-order valence-corrected chi connectivity index (χ2v) is 5.84. The molecule has 0 aromatic heterocycles. The zero-order valence-electron chi connectivity index (χ0n) is 11.2. The maximum atomic E-state index is 11.8. The summed E-state index contributed by atoms with van der Waals surface area (Å²) in [5, 5.41) is 2.75. The summed E-state index contributed by atoms with van der Waals surface area (Å²) < 4.78 is 1.03. The number of hydrogen-bond donors (Lipinski definition) is 2. The Balaban J connectivity index is 2.17. The van der Waals surface area contributed by atoms with E-state index in [1.807, 2.05) is 6.07 Å². The van der Waals surface area contributed by atoms with Crippen molar-refractivity contribution >= 4 is 27.5 Å². The average molecular weight is 326 g/mol. The Hall–Kier alpha value is -1.07. The second kappa shape index (κ2) is 6.39. The Labute approximate surface area is 122 Å². The third-order valence-electron chi connectivity index (χ3n) is 3.58. The van der Waals surface area contributed by atoms with Crippen LogP contribution in [0.25, 0.3) is 0 Å². The Morgan fingerprint density at radius 1 is 1.53 bits per heavy atom. The third kappa shape index (κ3) is 3.48. The zero-order valence-corrected chi connectivity index (χ0v) is 12.7. The summed E-state index contributed by atoms with van der Waals surface area (Å²) in [6, 6.07) is 6.23. The van der Waals surface area contributed by atoms with Crippen LogP contribution in [-0.2, 0) is 11.3 Å². The molecule has 1 aliphatic rings. The van der Waals surface area contributed by atoms with Crippen LogP contribution in [0.4, 0.5) is 5.69 Å². The normalized spacial score (nSPS) is 19.3. The number of nitrogens with zero attached hydrogens (tertiary/aromatic N) is 1. The SMILES string of the molecule is CNC(=O)C1CCCN(c2cc(Br)cc(CN)c2)C1. The van der Waals surface area contributed by atoms with Crippen molar-refractivity contribution in [3.8, 4) is 0 Å². The van der Waals surface area contributed by atoms with E-state index >= 15 is 0 Å². The van der Waals surface area contributed by atoms with Crippen LogP contribution in [0.15, 0.2) is 22.7 Å². The number of amides is 1. The standard InChI is InChI=1S/C14H20BrN3O/c1-17-14(19)11-3-2-4-18(9-11)13-6-10(8-16)5-12(15)7-13/h5-7,11H,2-4,8-9,16H2,1H3,(H,17,19). The van der Waals surface area contributed by atoms with E-state index < -0.39 is 0 Å². The molecule has 0 radical (unpaired) electrons. The molecule has 1 fully saturated rings. The molecule has 4 nitrogen and oxygen atoms in total. The number of piperidine rings is 1. The zero-order chi connectivity index (χ0) is 13.8. The minimum atomic E-state index is 0.0825. The van der Waals surface area contributed by atoms with Crippen molar-refractivity contribution in [1.82, 2.24) is 5.32 Å². The molecule has 1 aliphatic heterocycles. The molecule has 1 amide bonds. The molecule has 1 heterocycles. The molecule has 0 saturated carbocycles. The minimum Gasteiger partial charge on any atom is -0.371 e. The number of rotatable bonds is 3. The van der Waals surface area contributed by atoms with E-state index in [1.165, 1.54) is 0 Å². The fourth-order valence-corrected chi connectivity index (χ4v) is 3.09. The van der Waals surface area contributed by atoms with Crippen molar-refractivity contribution in [3.05, 3.63) is 28.2 Å². The maximum absolute atomic E-state index is 11.8. The lowest BCUT2D eigenvalue weighted by Gasteiger charge is -2.33. The summed E-state index contributed by atoms with van der Waals surface area (Å²) in [6.45, 7) is 2.30. The Kier molecular flexibility index (Phi) is 4.82. The molecule has 0 spiro atoms. The molecular weight excluding hydrogens is 306 g/mol. The van der Waals surface area contributed by atoms with Gasteiger partial charge in [-0.3, -0.25) is 4.79 Å². The molecule has 2 rings (SSSR count). The summed E-state index contributed by atoms with van der Waals surface area (Å²) in [7, 11) is 1.70. The fourth-order valence-electron chi connectivity index (χ4n) is 2.56. The summed E-state index contributed by atoms with van der Waals surface area (Å²) in [6.07, 6.45) is 2.01. The van der Waals surface area contributed by atoms with Crippen LogP contribution in [0, 0.1) is 5.92 Å². The van der Waals surface area contributed by atoms with Gasteiger partial charge in [0.1, 0.15) is 0 Å². The van der Waals surface area contributed by atoms with Crippen molar-refractivity contribution in [2.45, 2.75) is 19.4 Å². The van der Waals surface area contributed by atoms with E-state index in [-0.39, 0.29) is 11.8 Å². The van der Waals surface area contributed by atoms with Crippen LogP contribution in [0.5, 0.6) is 0 Å². The highest BCUT2D eigenvalue weighted by Crippen LogP contribution is 2.27. The van der Waals surface area contributed by atoms with Gasteiger partial charge in [0.25, 0.3) is 0 Å². The molecule has 1 atom stereocenters. The van der Waals surface area contributed by atoms with Gasteiger partial charge in [0, 0.05) is 36.8 Å². The van der Waals surface area contributed by atoms with E-state index in [2.05, 4.69) is 38.3 Å². The quantitative estimate of drug-likeness (QED) is 0.892.